The lowest BCUT2D eigenvalue weighted by Gasteiger charge is -2.27. The zero-order valence-electron chi connectivity index (χ0n) is 15.5. The fourth-order valence-electron chi connectivity index (χ4n) is 2.84. The average molecular weight is 357 g/mol. The maximum atomic E-state index is 12.8. The van der Waals surface area contributed by atoms with Gasteiger partial charge in [0.1, 0.15) is 18.1 Å². The van der Waals surface area contributed by atoms with Crippen LogP contribution >= 0.6 is 0 Å². The third-order valence-corrected chi connectivity index (χ3v) is 4.23. The molecule has 0 radical (unpaired) electrons. The lowest BCUT2D eigenvalue weighted by Crippen LogP contribution is -2.42. The molecule has 2 amide bonds. The van der Waals surface area contributed by atoms with Crippen molar-refractivity contribution in [3.05, 3.63) is 35.7 Å². The second-order valence-electron chi connectivity index (χ2n) is 7.09. The van der Waals surface area contributed by atoms with E-state index in [4.69, 9.17) is 9.26 Å². The van der Waals surface area contributed by atoms with Crippen LogP contribution < -0.4 is 15.0 Å². The number of carbonyl (C=O) groups excluding carboxylic acids is 2. The van der Waals surface area contributed by atoms with Crippen LogP contribution in [0.4, 0.5) is 11.4 Å². The Morgan fingerprint density at radius 2 is 2.12 bits per heavy atom. The van der Waals surface area contributed by atoms with Gasteiger partial charge >= 0.3 is 0 Å². The minimum Gasteiger partial charge on any atom is -0.490 e. The second kappa shape index (κ2) is 6.82. The first-order valence-corrected chi connectivity index (χ1v) is 8.65. The van der Waals surface area contributed by atoms with Gasteiger partial charge in [0.15, 0.2) is 5.69 Å². The highest BCUT2D eigenvalue weighted by Gasteiger charge is 2.37. The molecular weight excluding hydrogens is 334 g/mol. The van der Waals surface area contributed by atoms with Gasteiger partial charge in [0.05, 0.1) is 11.1 Å². The fraction of sp³-hybridized carbons (Fsp3) is 0.421. The number of hydrogen-bond donors (Lipinski definition) is 1. The molecule has 1 aliphatic heterocycles. The Morgan fingerprint density at radius 3 is 2.77 bits per heavy atom. The van der Waals surface area contributed by atoms with E-state index in [-0.39, 0.29) is 24.1 Å². The standard InChI is InChI=1S/C19H23N3O4/c1-5-8-22-15-7-6-13(20-17(23)14-9-12(2)26-21-14)10-16(15)25-11-19(3,4)18(22)24/h6-7,9-10H,5,8,11H2,1-4H3,(H,20,23). The van der Waals surface area contributed by atoms with Crippen LogP contribution in [0.5, 0.6) is 5.75 Å². The third kappa shape index (κ3) is 3.42. The number of nitrogens with zero attached hydrogens (tertiary/aromatic N) is 2. The molecule has 0 saturated carbocycles. The smallest absolute Gasteiger partial charge is 0.277 e. The van der Waals surface area contributed by atoms with E-state index in [0.29, 0.717) is 23.7 Å². The summed E-state index contributed by atoms with van der Waals surface area (Å²) in [5.41, 5.74) is 0.883. The molecule has 0 atom stereocenters. The van der Waals surface area contributed by atoms with Crippen LogP contribution in [0.15, 0.2) is 28.8 Å². The Kier molecular flexibility index (Phi) is 4.71. The zero-order chi connectivity index (χ0) is 18.9. The van der Waals surface area contributed by atoms with Gasteiger partial charge in [-0.25, -0.2) is 0 Å². The van der Waals surface area contributed by atoms with Crippen molar-refractivity contribution in [2.75, 3.05) is 23.4 Å². The van der Waals surface area contributed by atoms with E-state index < -0.39 is 5.41 Å². The van der Waals surface area contributed by atoms with E-state index in [1.807, 2.05) is 20.8 Å². The molecule has 2 heterocycles. The lowest BCUT2D eigenvalue weighted by molar-refractivity contribution is -0.127. The quantitative estimate of drug-likeness (QED) is 0.906. The van der Waals surface area contributed by atoms with E-state index in [1.165, 1.54) is 0 Å². The number of ether oxygens (including phenoxy) is 1. The number of fused-ring (bicyclic) bond motifs is 1. The minimum absolute atomic E-state index is 0.0351. The van der Waals surface area contributed by atoms with Gasteiger partial charge in [-0.1, -0.05) is 12.1 Å². The van der Waals surface area contributed by atoms with E-state index in [0.717, 1.165) is 12.1 Å². The van der Waals surface area contributed by atoms with Crippen molar-refractivity contribution >= 4 is 23.2 Å². The van der Waals surface area contributed by atoms with Crippen LogP contribution in [-0.2, 0) is 4.79 Å². The molecule has 0 aliphatic carbocycles. The van der Waals surface area contributed by atoms with Gasteiger partial charge < -0.3 is 19.5 Å². The van der Waals surface area contributed by atoms with Gasteiger partial charge in [-0.2, -0.15) is 0 Å². The molecule has 2 aromatic rings. The summed E-state index contributed by atoms with van der Waals surface area (Å²) < 4.78 is 10.8. The monoisotopic (exact) mass is 357 g/mol. The molecule has 1 aromatic carbocycles. The summed E-state index contributed by atoms with van der Waals surface area (Å²) in [6.45, 7) is 8.39. The highest BCUT2D eigenvalue weighted by molar-refractivity contribution is 6.04. The van der Waals surface area contributed by atoms with E-state index in [1.54, 1.807) is 36.1 Å². The summed E-state index contributed by atoms with van der Waals surface area (Å²) in [5.74, 6) is 0.813. The number of nitrogens with one attached hydrogen (secondary N) is 1. The number of carbonyl (C=O) groups is 2. The number of rotatable bonds is 4. The summed E-state index contributed by atoms with van der Waals surface area (Å²) in [5, 5.41) is 6.48. The Bertz CT molecular complexity index is 841. The number of benzene rings is 1. The maximum absolute atomic E-state index is 12.8. The van der Waals surface area contributed by atoms with Gasteiger partial charge in [0, 0.05) is 24.4 Å². The summed E-state index contributed by atoms with van der Waals surface area (Å²) in [6, 6.07) is 6.85. The number of aromatic nitrogens is 1. The van der Waals surface area contributed by atoms with Crippen LogP contribution in [0.25, 0.3) is 0 Å². The summed E-state index contributed by atoms with van der Waals surface area (Å²) in [6.07, 6.45) is 0.839. The van der Waals surface area contributed by atoms with Crippen molar-refractivity contribution in [3.63, 3.8) is 0 Å². The lowest BCUT2D eigenvalue weighted by atomic mass is 9.93. The first kappa shape index (κ1) is 18.0. The Balaban J connectivity index is 1.89. The highest BCUT2D eigenvalue weighted by atomic mass is 16.5. The SMILES string of the molecule is CCCN1C(=O)C(C)(C)COc2cc(NC(=O)c3cc(C)on3)ccc21. The van der Waals surface area contributed by atoms with Crippen LogP contribution in [0.2, 0.25) is 0 Å². The van der Waals surface area contributed by atoms with Gasteiger partial charge in [-0.3, -0.25) is 9.59 Å². The normalized spacial score (nSPS) is 15.8. The van der Waals surface area contributed by atoms with Crippen LogP contribution in [0.3, 0.4) is 0 Å². The predicted molar refractivity (Wildman–Crippen MR) is 97.6 cm³/mol. The van der Waals surface area contributed by atoms with Crippen molar-refractivity contribution < 1.29 is 18.8 Å². The Labute approximate surface area is 152 Å². The number of amides is 2. The van der Waals surface area contributed by atoms with Gasteiger partial charge in [0.2, 0.25) is 5.91 Å². The van der Waals surface area contributed by atoms with Crippen LogP contribution in [0.1, 0.15) is 43.4 Å². The molecule has 7 nitrogen and oxygen atoms in total. The van der Waals surface area contributed by atoms with Crippen molar-refractivity contribution in [1.29, 1.82) is 0 Å². The topological polar surface area (TPSA) is 84.7 Å². The molecule has 3 rings (SSSR count). The Hall–Kier alpha value is -2.83. The fourth-order valence-corrected chi connectivity index (χ4v) is 2.84. The zero-order valence-corrected chi connectivity index (χ0v) is 15.5. The Morgan fingerprint density at radius 1 is 1.35 bits per heavy atom. The predicted octanol–water partition coefficient (Wildman–Crippen LogP) is 3.40. The van der Waals surface area contributed by atoms with Gasteiger partial charge in [-0.15, -0.1) is 0 Å². The molecule has 138 valence electrons. The molecule has 0 saturated heterocycles. The summed E-state index contributed by atoms with van der Waals surface area (Å²) in [7, 11) is 0. The van der Waals surface area contributed by atoms with Crippen molar-refractivity contribution in [3.8, 4) is 5.75 Å². The largest absolute Gasteiger partial charge is 0.490 e. The van der Waals surface area contributed by atoms with Gasteiger partial charge in [0.25, 0.3) is 5.91 Å². The molecule has 0 bridgehead atoms. The summed E-state index contributed by atoms with van der Waals surface area (Å²) >= 11 is 0. The maximum Gasteiger partial charge on any atom is 0.277 e. The molecule has 1 N–H and O–H groups in total. The van der Waals surface area contributed by atoms with E-state index in [9.17, 15) is 9.59 Å². The number of anilines is 2. The van der Waals surface area contributed by atoms with Crippen molar-refractivity contribution in [2.24, 2.45) is 5.41 Å². The molecule has 0 fully saturated rings. The molecule has 26 heavy (non-hydrogen) atoms. The van der Waals surface area contributed by atoms with Gasteiger partial charge in [-0.05, 0) is 39.3 Å². The first-order chi connectivity index (χ1) is 12.3. The third-order valence-electron chi connectivity index (χ3n) is 4.23. The average Bonchev–Trinajstić information content (AvgIpc) is 3.01. The minimum atomic E-state index is -0.615. The second-order valence-corrected chi connectivity index (χ2v) is 7.09. The van der Waals surface area contributed by atoms with Crippen LogP contribution in [-0.4, -0.2) is 30.1 Å². The molecule has 0 spiro atoms. The molecule has 1 aliphatic rings. The van der Waals surface area contributed by atoms with Crippen LogP contribution in [0, 0.1) is 12.3 Å². The van der Waals surface area contributed by atoms with Crippen molar-refractivity contribution in [2.45, 2.75) is 34.1 Å². The molecule has 0 unspecified atom stereocenters. The van der Waals surface area contributed by atoms with E-state index >= 15 is 0 Å². The highest BCUT2D eigenvalue weighted by Crippen LogP contribution is 2.38. The first-order valence-electron chi connectivity index (χ1n) is 8.65. The van der Waals surface area contributed by atoms with E-state index in [2.05, 4.69) is 10.5 Å². The molecule has 1 aromatic heterocycles. The summed E-state index contributed by atoms with van der Waals surface area (Å²) in [4.78, 5) is 26.8. The molecule has 7 heteroatoms. The van der Waals surface area contributed by atoms with Crippen molar-refractivity contribution in [1.82, 2.24) is 5.16 Å². The molecular formula is C19H23N3O4. The number of aryl methyl sites for hydroxylation is 1. The number of hydrogen-bond acceptors (Lipinski definition) is 5.